The van der Waals surface area contributed by atoms with Gasteiger partial charge < -0.3 is 5.11 Å². The van der Waals surface area contributed by atoms with Gasteiger partial charge >= 0.3 is 5.97 Å². The SMILES string of the molecule is CC1CC(OS(C)(=O)=O)CC1C(=O)O. The maximum atomic E-state index is 10.8. The number of hydrogen-bond donors (Lipinski definition) is 1. The molecular formula is C8H14O5S. The van der Waals surface area contributed by atoms with E-state index in [0.717, 1.165) is 6.26 Å². The van der Waals surface area contributed by atoms with Gasteiger partial charge in [-0.1, -0.05) is 6.92 Å². The van der Waals surface area contributed by atoms with Crippen molar-refractivity contribution in [3.8, 4) is 0 Å². The Hall–Kier alpha value is -0.620. The molecule has 0 radical (unpaired) electrons. The van der Waals surface area contributed by atoms with Crippen LogP contribution in [0.2, 0.25) is 0 Å². The van der Waals surface area contributed by atoms with Gasteiger partial charge in [0.05, 0.1) is 18.3 Å². The molecule has 6 heteroatoms. The molecule has 0 aromatic rings. The minimum atomic E-state index is -3.47. The second kappa shape index (κ2) is 3.86. The molecule has 3 unspecified atom stereocenters. The summed E-state index contributed by atoms with van der Waals surface area (Å²) in [5, 5.41) is 8.79. The maximum absolute atomic E-state index is 10.8. The third-order valence-corrected chi connectivity index (χ3v) is 3.09. The highest BCUT2D eigenvalue weighted by molar-refractivity contribution is 7.86. The summed E-state index contributed by atoms with van der Waals surface area (Å²) in [6.07, 6.45) is 1.28. The van der Waals surface area contributed by atoms with E-state index < -0.39 is 28.1 Å². The van der Waals surface area contributed by atoms with Gasteiger partial charge in [-0.3, -0.25) is 8.98 Å². The van der Waals surface area contributed by atoms with Gasteiger partial charge in [0, 0.05) is 0 Å². The van der Waals surface area contributed by atoms with Crippen LogP contribution in [0.5, 0.6) is 0 Å². The van der Waals surface area contributed by atoms with Crippen LogP contribution in [0.1, 0.15) is 19.8 Å². The van der Waals surface area contributed by atoms with Crippen LogP contribution in [0.4, 0.5) is 0 Å². The smallest absolute Gasteiger partial charge is 0.306 e. The van der Waals surface area contributed by atoms with Gasteiger partial charge in [0.2, 0.25) is 0 Å². The number of carbonyl (C=O) groups is 1. The zero-order valence-electron chi connectivity index (χ0n) is 8.13. The number of hydrogen-bond acceptors (Lipinski definition) is 4. The third-order valence-electron chi connectivity index (χ3n) is 2.47. The zero-order chi connectivity index (χ0) is 10.9. The van der Waals surface area contributed by atoms with E-state index >= 15 is 0 Å². The first kappa shape index (κ1) is 11.5. The van der Waals surface area contributed by atoms with Gasteiger partial charge in [-0.25, -0.2) is 0 Å². The molecule has 82 valence electrons. The first-order valence-electron chi connectivity index (χ1n) is 4.40. The second-order valence-corrected chi connectivity index (χ2v) is 5.42. The molecule has 0 aromatic carbocycles. The first-order chi connectivity index (χ1) is 6.29. The fraction of sp³-hybridized carbons (Fsp3) is 0.875. The molecule has 0 amide bonds. The normalized spacial score (nSPS) is 33.1. The Kier molecular flexibility index (Phi) is 3.16. The molecular weight excluding hydrogens is 208 g/mol. The zero-order valence-corrected chi connectivity index (χ0v) is 8.95. The number of aliphatic carboxylic acids is 1. The largest absolute Gasteiger partial charge is 0.481 e. The van der Waals surface area contributed by atoms with Crippen molar-refractivity contribution < 1.29 is 22.5 Å². The predicted octanol–water partition coefficient (Wildman–Crippen LogP) is 0.462. The lowest BCUT2D eigenvalue weighted by Crippen LogP contribution is -2.17. The summed E-state index contributed by atoms with van der Waals surface area (Å²) in [4.78, 5) is 10.7. The van der Waals surface area contributed by atoms with Crippen LogP contribution in [0.25, 0.3) is 0 Å². The lowest BCUT2D eigenvalue weighted by atomic mass is 9.99. The summed E-state index contributed by atoms with van der Waals surface area (Å²) in [6.45, 7) is 1.80. The van der Waals surface area contributed by atoms with Gasteiger partial charge in [-0.05, 0) is 18.8 Å². The first-order valence-corrected chi connectivity index (χ1v) is 6.22. The number of carboxylic acid groups (broad SMARTS) is 1. The van der Waals surface area contributed by atoms with E-state index in [1.165, 1.54) is 0 Å². The molecule has 0 aliphatic heterocycles. The predicted molar refractivity (Wildman–Crippen MR) is 49.2 cm³/mol. The minimum Gasteiger partial charge on any atom is -0.481 e. The van der Waals surface area contributed by atoms with Crippen molar-refractivity contribution in [1.29, 1.82) is 0 Å². The van der Waals surface area contributed by atoms with E-state index in [1.807, 2.05) is 0 Å². The van der Waals surface area contributed by atoms with Crippen molar-refractivity contribution in [1.82, 2.24) is 0 Å². The lowest BCUT2D eigenvalue weighted by molar-refractivity contribution is -0.142. The molecule has 0 aromatic heterocycles. The van der Waals surface area contributed by atoms with Crippen LogP contribution in [0.15, 0.2) is 0 Å². The average molecular weight is 222 g/mol. The third kappa shape index (κ3) is 2.95. The minimum absolute atomic E-state index is 0.0285. The topological polar surface area (TPSA) is 80.7 Å². The summed E-state index contributed by atoms with van der Waals surface area (Å²) in [7, 11) is -3.47. The molecule has 1 rings (SSSR count). The van der Waals surface area contributed by atoms with E-state index in [1.54, 1.807) is 6.92 Å². The van der Waals surface area contributed by atoms with E-state index in [0.29, 0.717) is 6.42 Å². The molecule has 1 aliphatic rings. The Bertz CT molecular complexity index is 321. The van der Waals surface area contributed by atoms with Crippen LogP contribution < -0.4 is 0 Å². The van der Waals surface area contributed by atoms with Gasteiger partial charge in [-0.15, -0.1) is 0 Å². The summed E-state index contributed by atoms with van der Waals surface area (Å²) < 4.78 is 26.4. The fourth-order valence-corrected chi connectivity index (χ4v) is 2.51. The van der Waals surface area contributed by atoms with Crippen molar-refractivity contribution in [2.24, 2.45) is 11.8 Å². The standard InChI is InChI=1S/C8H14O5S/c1-5-3-6(13-14(2,11)12)4-7(5)8(9)10/h5-7H,3-4H2,1-2H3,(H,9,10). The summed E-state index contributed by atoms with van der Waals surface area (Å²) in [6, 6.07) is 0. The monoisotopic (exact) mass is 222 g/mol. The molecule has 14 heavy (non-hydrogen) atoms. The van der Waals surface area contributed by atoms with Crippen molar-refractivity contribution >= 4 is 16.1 Å². The molecule has 3 atom stereocenters. The molecule has 0 bridgehead atoms. The van der Waals surface area contributed by atoms with Crippen LogP contribution in [-0.2, 0) is 19.1 Å². The number of carboxylic acids is 1. The Labute approximate surface area is 83.2 Å². The van der Waals surface area contributed by atoms with Gasteiger partial charge in [-0.2, -0.15) is 8.42 Å². The quantitative estimate of drug-likeness (QED) is 0.702. The maximum Gasteiger partial charge on any atom is 0.306 e. The van der Waals surface area contributed by atoms with Gasteiger partial charge in [0.15, 0.2) is 0 Å². The molecule has 1 saturated carbocycles. The number of rotatable bonds is 3. The summed E-state index contributed by atoms with van der Waals surface area (Å²) in [5.41, 5.74) is 0. The van der Waals surface area contributed by atoms with Crippen LogP contribution >= 0.6 is 0 Å². The van der Waals surface area contributed by atoms with Crippen LogP contribution in [0.3, 0.4) is 0 Å². The molecule has 1 fully saturated rings. The molecule has 0 heterocycles. The van der Waals surface area contributed by atoms with E-state index in [9.17, 15) is 13.2 Å². The molecule has 1 N–H and O–H groups in total. The lowest BCUT2D eigenvalue weighted by Gasteiger charge is -2.07. The fourth-order valence-electron chi connectivity index (χ4n) is 1.86. The van der Waals surface area contributed by atoms with E-state index in [4.69, 9.17) is 9.29 Å². The molecule has 1 aliphatic carbocycles. The van der Waals surface area contributed by atoms with Crippen molar-refractivity contribution in [2.45, 2.75) is 25.9 Å². The van der Waals surface area contributed by atoms with E-state index in [-0.39, 0.29) is 12.3 Å². The molecule has 0 saturated heterocycles. The Morgan fingerprint density at radius 2 is 2.00 bits per heavy atom. The highest BCUT2D eigenvalue weighted by Crippen LogP contribution is 2.34. The highest BCUT2D eigenvalue weighted by atomic mass is 32.2. The van der Waals surface area contributed by atoms with Gasteiger partial charge in [0.1, 0.15) is 0 Å². The molecule has 0 spiro atoms. The average Bonchev–Trinajstić information content (AvgIpc) is 2.26. The Morgan fingerprint density at radius 3 is 2.36 bits per heavy atom. The summed E-state index contributed by atoms with van der Waals surface area (Å²) in [5.74, 6) is -1.39. The van der Waals surface area contributed by atoms with Crippen molar-refractivity contribution in [3.05, 3.63) is 0 Å². The van der Waals surface area contributed by atoms with Crippen LogP contribution in [0, 0.1) is 11.8 Å². The van der Waals surface area contributed by atoms with E-state index in [2.05, 4.69) is 0 Å². The Balaban J connectivity index is 2.60. The Morgan fingerprint density at radius 1 is 1.43 bits per heavy atom. The second-order valence-electron chi connectivity index (χ2n) is 3.82. The highest BCUT2D eigenvalue weighted by Gasteiger charge is 2.37. The van der Waals surface area contributed by atoms with Gasteiger partial charge in [0.25, 0.3) is 10.1 Å². The summed E-state index contributed by atoms with van der Waals surface area (Å²) >= 11 is 0. The van der Waals surface area contributed by atoms with Crippen LogP contribution in [-0.4, -0.2) is 31.9 Å². The van der Waals surface area contributed by atoms with Crippen molar-refractivity contribution in [2.75, 3.05) is 6.26 Å². The molecule has 5 nitrogen and oxygen atoms in total. The van der Waals surface area contributed by atoms with Crippen molar-refractivity contribution in [3.63, 3.8) is 0 Å².